The maximum absolute atomic E-state index is 12.7. The first-order chi connectivity index (χ1) is 10.9. The Morgan fingerprint density at radius 2 is 1.96 bits per heavy atom. The van der Waals surface area contributed by atoms with Crippen molar-refractivity contribution in [1.82, 2.24) is 9.62 Å². The molecule has 0 spiro atoms. The number of nitrogens with one attached hydrogen (secondary N) is 1. The van der Waals surface area contributed by atoms with E-state index in [2.05, 4.69) is 21.2 Å². The summed E-state index contributed by atoms with van der Waals surface area (Å²) in [6, 6.07) is 4.68. The maximum atomic E-state index is 12.7. The Kier molecular flexibility index (Phi) is 6.22. The lowest BCUT2D eigenvalue weighted by molar-refractivity contribution is 0.0938. The first-order valence-corrected chi connectivity index (χ1v) is 10.2. The summed E-state index contributed by atoms with van der Waals surface area (Å²) in [5.41, 5.74) is 0.350. The molecule has 1 aromatic carbocycles. The first-order valence-electron chi connectivity index (χ1n) is 7.97. The van der Waals surface area contributed by atoms with Gasteiger partial charge in [-0.15, -0.1) is 0 Å². The van der Waals surface area contributed by atoms with Crippen LogP contribution in [0.1, 0.15) is 49.9 Å². The van der Waals surface area contributed by atoms with Crippen molar-refractivity contribution in [3.05, 3.63) is 28.2 Å². The number of benzene rings is 1. The van der Waals surface area contributed by atoms with Crippen molar-refractivity contribution in [3.63, 3.8) is 0 Å². The molecule has 1 amide bonds. The number of carbonyl (C=O) groups excluding carboxylic acids is 1. The van der Waals surface area contributed by atoms with Crippen LogP contribution in [0, 0.1) is 0 Å². The van der Waals surface area contributed by atoms with Crippen LogP contribution in [-0.2, 0) is 10.0 Å². The van der Waals surface area contributed by atoms with E-state index in [-0.39, 0.29) is 16.8 Å². The van der Waals surface area contributed by atoms with E-state index in [1.54, 1.807) is 12.1 Å². The SMILES string of the molecule is CC[C@@H](C)NC(=O)c1cc(S(=O)(=O)N2CCCCC2)ccc1Br. The topological polar surface area (TPSA) is 66.5 Å². The molecule has 128 valence electrons. The Hall–Kier alpha value is -0.920. The van der Waals surface area contributed by atoms with Crippen molar-refractivity contribution >= 4 is 31.9 Å². The van der Waals surface area contributed by atoms with Crippen molar-refractivity contribution < 1.29 is 13.2 Å². The van der Waals surface area contributed by atoms with Gasteiger partial charge in [0.15, 0.2) is 0 Å². The Morgan fingerprint density at radius 1 is 1.30 bits per heavy atom. The minimum absolute atomic E-state index is 0.0387. The maximum Gasteiger partial charge on any atom is 0.252 e. The molecule has 0 unspecified atom stereocenters. The summed E-state index contributed by atoms with van der Waals surface area (Å²) in [6.45, 7) is 5.00. The van der Waals surface area contributed by atoms with Gasteiger partial charge in [-0.2, -0.15) is 4.31 Å². The third-order valence-electron chi connectivity index (χ3n) is 4.13. The van der Waals surface area contributed by atoms with Gasteiger partial charge >= 0.3 is 0 Å². The van der Waals surface area contributed by atoms with E-state index in [4.69, 9.17) is 0 Å². The molecule has 7 heteroatoms. The number of rotatable bonds is 5. The van der Waals surface area contributed by atoms with Gasteiger partial charge in [-0.25, -0.2) is 8.42 Å². The molecule has 1 atom stereocenters. The number of hydrogen-bond acceptors (Lipinski definition) is 3. The Morgan fingerprint density at radius 3 is 2.57 bits per heavy atom. The Bertz CT molecular complexity index is 670. The van der Waals surface area contributed by atoms with Crippen LogP contribution in [0.4, 0.5) is 0 Å². The molecule has 1 heterocycles. The van der Waals surface area contributed by atoms with Crippen LogP contribution in [0.25, 0.3) is 0 Å². The highest BCUT2D eigenvalue weighted by molar-refractivity contribution is 9.10. The monoisotopic (exact) mass is 402 g/mol. The van der Waals surface area contributed by atoms with Crippen molar-refractivity contribution in [2.24, 2.45) is 0 Å². The highest BCUT2D eigenvalue weighted by atomic mass is 79.9. The Balaban J connectivity index is 2.30. The second-order valence-electron chi connectivity index (χ2n) is 5.89. The molecule has 0 saturated carbocycles. The lowest BCUT2D eigenvalue weighted by Gasteiger charge is -2.26. The van der Waals surface area contributed by atoms with Gasteiger partial charge in [-0.05, 0) is 60.3 Å². The number of hydrogen-bond donors (Lipinski definition) is 1. The van der Waals surface area contributed by atoms with Crippen LogP contribution in [0.5, 0.6) is 0 Å². The molecule has 1 fully saturated rings. The molecule has 1 aliphatic heterocycles. The van der Waals surface area contributed by atoms with Crippen LogP contribution in [0.2, 0.25) is 0 Å². The molecule has 1 N–H and O–H groups in total. The minimum Gasteiger partial charge on any atom is -0.350 e. The minimum atomic E-state index is -3.54. The van der Waals surface area contributed by atoms with Gasteiger partial charge < -0.3 is 5.32 Å². The van der Waals surface area contributed by atoms with Gasteiger partial charge in [-0.3, -0.25) is 4.79 Å². The predicted octanol–water partition coefficient (Wildman–Crippen LogP) is 3.15. The highest BCUT2D eigenvalue weighted by Gasteiger charge is 2.27. The summed E-state index contributed by atoms with van der Waals surface area (Å²) in [5, 5.41) is 2.87. The normalized spacial score (nSPS) is 17.7. The predicted molar refractivity (Wildman–Crippen MR) is 94.0 cm³/mol. The van der Waals surface area contributed by atoms with Gasteiger partial charge in [0.25, 0.3) is 5.91 Å². The molecule has 1 saturated heterocycles. The standard InChI is InChI=1S/C16H23BrN2O3S/c1-3-12(2)18-16(20)14-11-13(7-8-15(14)17)23(21,22)19-9-5-4-6-10-19/h7-8,11-12H,3-6,9-10H2,1-2H3,(H,18,20)/t12-/m1/s1. The molecule has 2 rings (SSSR count). The van der Waals surface area contributed by atoms with Crippen molar-refractivity contribution in [2.45, 2.75) is 50.5 Å². The van der Waals surface area contributed by atoms with Gasteiger partial charge in [0.05, 0.1) is 10.5 Å². The number of carbonyl (C=O) groups is 1. The fourth-order valence-electron chi connectivity index (χ4n) is 2.50. The van der Waals surface area contributed by atoms with Gasteiger partial charge in [0.2, 0.25) is 10.0 Å². The average Bonchev–Trinajstić information content (AvgIpc) is 2.55. The molecule has 1 aliphatic rings. The summed E-state index contributed by atoms with van der Waals surface area (Å²) in [4.78, 5) is 12.5. The lowest BCUT2D eigenvalue weighted by Crippen LogP contribution is -2.36. The van der Waals surface area contributed by atoms with Gasteiger partial charge in [-0.1, -0.05) is 13.3 Å². The number of nitrogens with zero attached hydrogens (tertiary/aromatic N) is 1. The van der Waals surface area contributed by atoms with Crippen LogP contribution in [0.15, 0.2) is 27.6 Å². The number of sulfonamides is 1. The molecule has 23 heavy (non-hydrogen) atoms. The van der Waals surface area contributed by atoms with Crippen molar-refractivity contribution in [3.8, 4) is 0 Å². The summed E-state index contributed by atoms with van der Waals surface area (Å²) in [5.74, 6) is -0.262. The van der Waals surface area contributed by atoms with Crippen LogP contribution in [0.3, 0.4) is 0 Å². The van der Waals surface area contributed by atoms with E-state index < -0.39 is 10.0 Å². The van der Waals surface area contributed by atoms with E-state index in [0.29, 0.717) is 23.1 Å². The van der Waals surface area contributed by atoms with Crippen LogP contribution >= 0.6 is 15.9 Å². The van der Waals surface area contributed by atoms with Gasteiger partial charge in [0.1, 0.15) is 0 Å². The molecule has 0 aromatic heterocycles. The lowest BCUT2D eigenvalue weighted by atomic mass is 10.2. The fraction of sp³-hybridized carbons (Fsp3) is 0.562. The zero-order chi connectivity index (χ0) is 17.0. The fourth-order valence-corrected chi connectivity index (χ4v) is 4.47. The van der Waals surface area contributed by atoms with E-state index >= 15 is 0 Å². The number of halogens is 1. The van der Waals surface area contributed by atoms with Crippen LogP contribution < -0.4 is 5.32 Å². The van der Waals surface area contributed by atoms with E-state index in [1.807, 2.05) is 13.8 Å². The summed E-state index contributed by atoms with van der Waals surface area (Å²) >= 11 is 3.34. The first kappa shape index (κ1) is 18.4. The molecule has 0 aliphatic carbocycles. The van der Waals surface area contributed by atoms with Gasteiger partial charge in [0, 0.05) is 23.6 Å². The molecule has 5 nitrogen and oxygen atoms in total. The zero-order valence-corrected chi connectivity index (χ0v) is 15.9. The van der Waals surface area contributed by atoms with Crippen molar-refractivity contribution in [2.75, 3.05) is 13.1 Å². The van der Waals surface area contributed by atoms with Crippen molar-refractivity contribution in [1.29, 1.82) is 0 Å². The highest BCUT2D eigenvalue weighted by Crippen LogP contribution is 2.25. The second-order valence-corrected chi connectivity index (χ2v) is 8.68. The Labute approximate surface area is 146 Å². The summed E-state index contributed by atoms with van der Waals surface area (Å²) < 4.78 is 27.6. The van der Waals surface area contributed by atoms with E-state index in [0.717, 1.165) is 25.7 Å². The quantitative estimate of drug-likeness (QED) is 0.822. The second kappa shape index (κ2) is 7.77. The molecule has 1 aromatic rings. The molecule has 0 bridgehead atoms. The average molecular weight is 403 g/mol. The molecule has 0 radical (unpaired) electrons. The largest absolute Gasteiger partial charge is 0.350 e. The van der Waals surface area contributed by atoms with Crippen LogP contribution in [-0.4, -0.2) is 37.8 Å². The molecular weight excluding hydrogens is 380 g/mol. The smallest absolute Gasteiger partial charge is 0.252 e. The zero-order valence-electron chi connectivity index (χ0n) is 13.5. The summed E-state index contributed by atoms with van der Waals surface area (Å²) in [6.07, 6.45) is 3.65. The number of amides is 1. The van der Waals surface area contributed by atoms with E-state index in [9.17, 15) is 13.2 Å². The number of piperidine rings is 1. The molecular formula is C16H23BrN2O3S. The summed E-state index contributed by atoms with van der Waals surface area (Å²) in [7, 11) is -3.54. The third-order valence-corrected chi connectivity index (χ3v) is 6.71. The third kappa shape index (κ3) is 4.33. The van der Waals surface area contributed by atoms with E-state index in [1.165, 1.54) is 10.4 Å².